The number of nitrogens with two attached hydrogens (primary N) is 1. The molecule has 0 aromatic carbocycles. The van der Waals surface area contributed by atoms with Gasteiger partial charge < -0.3 is 5.73 Å². The van der Waals surface area contributed by atoms with Crippen molar-refractivity contribution in [2.75, 3.05) is 0 Å². The van der Waals surface area contributed by atoms with E-state index in [0.717, 1.165) is 31.8 Å². The van der Waals surface area contributed by atoms with Gasteiger partial charge in [0.1, 0.15) is 0 Å². The zero-order chi connectivity index (χ0) is 12.4. The summed E-state index contributed by atoms with van der Waals surface area (Å²) in [6.07, 6.45) is 2.86. The van der Waals surface area contributed by atoms with E-state index >= 15 is 0 Å². The summed E-state index contributed by atoms with van der Waals surface area (Å²) in [4.78, 5) is 0. The van der Waals surface area contributed by atoms with Crippen molar-refractivity contribution in [1.29, 1.82) is 0 Å². The van der Waals surface area contributed by atoms with Gasteiger partial charge in [-0.05, 0) is 50.4 Å². The summed E-state index contributed by atoms with van der Waals surface area (Å²) in [6, 6.07) is 3.90. The van der Waals surface area contributed by atoms with Gasteiger partial charge in [0.05, 0.1) is 19.3 Å². The van der Waals surface area contributed by atoms with Gasteiger partial charge in [-0.2, -0.15) is 5.10 Å². The minimum atomic E-state index is -0.138. The lowest BCUT2D eigenvalue weighted by Crippen LogP contribution is -2.17. The second kappa shape index (κ2) is 5.65. The molecule has 3 nitrogen and oxygen atoms in total. The van der Waals surface area contributed by atoms with Crippen LogP contribution >= 0.6 is 43.2 Å². The Morgan fingerprint density at radius 1 is 1.53 bits per heavy atom. The molecule has 0 aliphatic carbocycles. The molecule has 0 aliphatic heterocycles. The molecule has 0 amide bonds. The number of aryl methyl sites for hydroxylation is 1. The van der Waals surface area contributed by atoms with Crippen LogP contribution in [0.4, 0.5) is 0 Å². The quantitative estimate of drug-likeness (QED) is 0.875. The number of rotatable bonds is 4. The maximum absolute atomic E-state index is 6.30. The molecule has 0 saturated carbocycles. The highest BCUT2D eigenvalue weighted by atomic mass is 79.9. The van der Waals surface area contributed by atoms with E-state index in [1.165, 1.54) is 0 Å². The fourth-order valence-electron chi connectivity index (χ4n) is 1.73. The van der Waals surface area contributed by atoms with Crippen LogP contribution in [-0.2, 0) is 6.54 Å². The van der Waals surface area contributed by atoms with Crippen molar-refractivity contribution in [2.45, 2.75) is 25.9 Å². The normalized spacial score (nSPS) is 12.9. The van der Waals surface area contributed by atoms with Crippen LogP contribution in [-0.4, -0.2) is 9.78 Å². The van der Waals surface area contributed by atoms with Gasteiger partial charge >= 0.3 is 0 Å². The molecule has 0 saturated heterocycles. The zero-order valence-corrected chi connectivity index (χ0v) is 13.3. The Morgan fingerprint density at radius 2 is 2.29 bits per heavy atom. The smallest absolute Gasteiger partial charge is 0.0762 e. The van der Waals surface area contributed by atoms with Crippen LogP contribution in [0.15, 0.2) is 25.9 Å². The van der Waals surface area contributed by atoms with Crippen LogP contribution in [0, 0.1) is 0 Å². The minimum Gasteiger partial charge on any atom is -0.319 e. The summed E-state index contributed by atoms with van der Waals surface area (Å²) in [5.41, 5.74) is 8.45. The molecule has 0 aliphatic rings. The van der Waals surface area contributed by atoms with Crippen molar-refractivity contribution in [2.24, 2.45) is 5.73 Å². The lowest BCUT2D eigenvalue weighted by Gasteiger charge is -2.13. The topological polar surface area (TPSA) is 43.8 Å². The largest absolute Gasteiger partial charge is 0.319 e. The maximum Gasteiger partial charge on any atom is 0.0762 e. The standard InChI is InChI=1S/C11H13Br2N3S/c1-2-5-16-8(3-4-15-16)10(14)7-6-9(12)17-11(7)13/h3-4,6,10H,2,5,14H2,1H3. The van der Waals surface area contributed by atoms with Gasteiger partial charge in [0.15, 0.2) is 0 Å². The molecular weight excluding hydrogens is 366 g/mol. The van der Waals surface area contributed by atoms with E-state index in [-0.39, 0.29) is 6.04 Å². The third-order valence-corrected chi connectivity index (χ3v) is 4.91. The first-order valence-corrected chi connectivity index (χ1v) is 7.75. The molecule has 1 unspecified atom stereocenters. The molecule has 2 aromatic rings. The maximum atomic E-state index is 6.30. The Balaban J connectivity index is 2.33. The highest BCUT2D eigenvalue weighted by Crippen LogP contribution is 2.36. The Morgan fingerprint density at radius 3 is 2.88 bits per heavy atom. The van der Waals surface area contributed by atoms with Crippen molar-refractivity contribution in [3.63, 3.8) is 0 Å². The van der Waals surface area contributed by atoms with E-state index in [9.17, 15) is 0 Å². The van der Waals surface area contributed by atoms with E-state index in [4.69, 9.17) is 5.73 Å². The lowest BCUT2D eigenvalue weighted by atomic mass is 10.1. The molecule has 0 fully saturated rings. The fraction of sp³-hybridized carbons (Fsp3) is 0.364. The number of hydrogen-bond acceptors (Lipinski definition) is 3. The zero-order valence-electron chi connectivity index (χ0n) is 9.36. The lowest BCUT2D eigenvalue weighted by molar-refractivity contribution is 0.559. The van der Waals surface area contributed by atoms with Crippen molar-refractivity contribution in [1.82, 2.24) is 9.78 Å². The highest BCUT2D eigenvalue weighted by Gasteiger charge is 2.18. The molecule has 2 rings (SSSR count). The Hall–Kier alpha value is -0.170. The van der Waals surface area contributed by atoms with Gasteiger partial charge in [0, 0.05) is 18.3 Å². The number of thiophene rings is 1. The summed E-state index contributed by atoms with van der Waals surface area (Å²) in [6.45, 7) is 3.03. The van der Waals surface area contributed by atoms with Gasteiger partial charge in [-0.3, -0.25) is 4.68 Å². The third kappa shape index (κ3) is 2.81. The van der Waals surface area contributed by atoms with Gasteiger partial charge in [0.2, 0.25) is 0 Å². The van der Waals surface area contributed by atoms with Crippen LogP contribution in [0.5, 0.6) is 0 Å². The van der Waals surface area contributed by atoms with Crippen molar-refractivity contribution >= 4 is 43.2 Å². The van der Waals surface area contributed by atoms with Crippen molar-refractivity contribution < 1.29 is 0 Å². The van der Waals surface area contributed by atoms with Crippen LogP contribution < -0.4 is 5.73 Å². The van der Waals surface area contributed by atoms with Crippen LogP contribution in [0.3, 0.4) is 0 Å². The Kier molecular flexibility index (Phi) is 4.41. The Labute approximate surface area is 121 Å². The van der Waals surface area contributed by atoms with E-state index in [1.807, 2.05) is 10.7 Å². The molecule has 6 heteroatoms. The molecule has 0 spiro atoms. The summed E-state index contributed by atoms with van der Waals surface area (Å²) in [5, 5.41) is 4.30. The number of hydrogen-bond donors (Lipinski definition) is 1. The molecule has 2 N–H and O–H groups in total. The number of halogens is 2. The van der Waals surface area contributed by atoms with E-state index in [0.29, 0.717) is 0 Å². The van der Waals surface area contributed by atoms with E-state index in [2.05, 4.69) is 49.9 Å². The first kappa shape index (κ1) is 13.3. The van der Waals surface area contributed by atoms with E-state index in [1.54, 1.807) is 17.5 Å². The van der Waals surface area contributed by atoms with Gasteiger partial charge in [-0.25, -0.2) is 0 Å². The van der Waals surface area contributed by atoms with Gasteiger partial charge in [-0.1, -0.05) is 6.92 Å². The second-order valence-electron chi connectivity index (χ2n) is 3.74. The van der Waals surface area contributed by atoms with Crippen LogP contribution in [0.1, 0.15) is 30.6 Å². The number of aromatic nitrogens is 2. The Bertz CT molecular complexity index is 507. The predicted molar refractivity (Wildman–Crippen MR) is 78.3 cm³/mol. The fourth-order valence-corrected chi connectivity index (χ4v) is 4.66. The average Bonchev–Trinajstić information content (AvgIpc) is 2.85. The first-order chi connectivity index (χ1) is 8.13. The minimum absolute atomic E-state index is 0.138. The van der Waals surface area contributed by atoms with Gasteiger partial charge in [-0.15, -0.1) is 11.3 Å². The van der Waals surface area contributed by atoms with Gasteiger partial charge in [0.25, 0.3) is 0 Å². The molecule has 17 heavy (non-hydrogen) atoms. The monoisotopic (exact) mass is 377 g/mol. The van der Waals surface area contributed by atoms with Crippen molar-refractivity contribution in [3.05, 3.63) is 37.2 Å². The van der Waals surface area contributed by atoms with Crippen LogP contribution in [0.25, 0.3) is 0 Å². The third-order valence-electron chi connectivity index (χ3n) is 2.52. The second-order valence-corrected chi connectivity index (χ2v) is 7.49. The highest BCUT2D eigenvalue weighted by molar-refractivity contribution is 9.12. The summed E-state index contributed by atoms with van der Waals surface area (Å²) < 4.78 is 4.13. The number of nitrogens with zero attached hydrogens (tertiary/aromatic N) is 2. The van der Waals surface area contributed by atoms with E-state index < -0.39 is 0 Å². The van der Waals surface area contributed by atoms with Crippen LogP contribution in [0.2, 0.25) is 0 Å². The summed E-state index contributed by atoms with van der Waals surface area (Å²) in [7, 11) is 0. The predicted octanol–water partition coefficient (Wildman–Crippen LogP) is 3.93. The SMILES string of the molecule is CCCn1nccc1C(N)c1cc(Br)sc1Br. The molecule has 1 atom stereocenters. The molecule has 92 valence electrons. The van der Waals surface area contributed by atoms with Crippen molar-refractivity contribution in [3.8, 4) is 0 Å². The molecule has 0 radical (unpaired) electrons. The molecule has 0 bridgehead atoms. The summed E-state index contributed by atoms with van der Waals surface area (Å²) in [5.74, 6) is 0. The average molecular weight is 379 g/mol. The summed E-state index contributed by atoms with van der Waals surface area (Å²) >= 11 is 8.66. The first-order valence-electron chi connectivity index (χ1n) is 5.35. The molecule has 2 heterocycles. The molecule has 2 aromatic heterocycles. The molecular formula is C11H13Br2N3S.